The summed E-state index contributed by atoms with van der Waals surface area (Å²) in [7, 11) is 0. The zero-order chi connectivity index (χ0) is 15.4. The lowest BCUT2D eigenvalue weighted by Crippen LogP contribution is -2.35. The molecule has 0 spiro atoms. The molecule has 1 aliphatic rings. The number of hydrogen-bond acceptors (Lipinski definition) is 2. The van der Waals surface area contributed by atoms with Gasteiger partial charge in [0.1, 0.15) is 0 Å². The maximum atomic E-state index is 12.3. The van der Waals surface area contributed by atoms with Crippen molar-refractivity contribution >= 4 is 11.9 Å². The van der Waals surface area contributed by atoms with Gasteiger partial charge in [-0.1, -0.05) is 57.0 Å². The first-order valence-electron chi connectivity index (χ1n) is 7.66. The molecule has 0 bridgehead atoms. The molecule has 4 heteroatoms. The number of benzene rings is 1. The fourth-order valence-electron chi connectivity index (χ4n) is 2.91. The van der Waals surface area contributed by atoms with E-state index in [1.54, 1.807) is 0 Å². The van der Waals surface area contributed by atoms with E-state index in [4.69, 9.17) is 5.11 Å². The third kappa shape index (κ3) is 3.63. The quantitative estimate of drug-likeness (QED) is 0.811. The highest BCUT2D eigenvalue weighted by Gasteiger charge is 2.48. The number of nitrogens with one attached hydrogen (secondary N) is 1. The Bertz CT molecular complexity index is 496. The largest absolute Gasteiger partial charge is 0.481 e. The Balaban J connectivity index is 2.10. The molecular formula is C17H23NO3. The molecule has 0 radical (unpaired) electrons. The van der Waals surface area contributed by atoms with Gasteiger partial charge < -0.3 is 10.4 Å². The summed E-state index contributed by atoms with van der Waals surface area (Å²) < 4.78 is 0. The van der Waals surface area contributed by atoms with Crippen molar-refractivity contribution in [3.8, 4) is 0 Å². The van der Waals surface area contributed by atoms with Crippen molar-refractivity contribution in [3.05, 3.63) is 35.9 Å². The van der Waals surface area contributed by atoms with E-state index in [1.165, 1.54) is 0 Å². The highest BCUT2D eigenvalue weighted by atomic mass is 16.4. The van der Waals surface area contributed by atoms with Gasteiger partial charge in [-0.05, 0) is 17.9 Å². The number of carboxylic acid groups (broad SMARTS) is 1. The number of carbonyl (C=O) groups is 2. The maximum Gasteiger partial charge on any atom is 0.307 e. The van der Waals surface area contributed by atoms with Gasteiger partial charge in [-0.15, -0.1) is 0 Å². The van der Waals surface area contributed by atoms with Crippen molar-refractivity contribution < 1.29 is 14.7 Å². The van der Waals surface area contributed by atoms with Gasteiger partial charge in [-0.3, -0.25) is 9.59 Å². The lowest BCUT2D eigenvalue weighted by molar-refractivity contribution is -0.140. The normalized spacial score (nSPS) is 21.9. The molecule has 0 aliphatic heterocycles. The van der Waals surface area contributed by atoms with Crippen LogP contribution in [0.2, 0.25) is 0 Å². The summed E-state index contributed by atoms with van der Waals surface area (Å²) in [4.78, 5) is 23.2. The minimum absolute atomic E-state index is 0.0382. The fraction of sp³-hybridized carbons (Fsp3) is 0.529. The molecule has 0 heterocycles. The van der Waals surface area contributed by atoms with E-state index in [0.29, 0.717) is 12.3 Å². The number of carbonyl (C=O) groups excluding carboxylic acids is 1. The molecule has 1 aromatic carbocycles. The Labute approximate surface area is 125 Å². The molecule has 2 rings (SSSR count). The lowest BCUT2D eigenvalue weighted by Gasteiger charge is -2.27. The Kier molecular flexibility index (Phi) is 4.99. The first-order valence-corrected chi connectivity index (χ1v) is 7.66. The number of aliphatic carboxylic acids is 1. The van der Waals surface area contributed by atoms with Gasteiger partial charge in [0.25, 0.3) is 0 Å². The average Bonchev–Trinajstić information content (AvgIpc) is 3.29. The van der Waals surface area contributed by atoms with Gasteiger partial charge in [0.15, 0.2) is 0 Å². The number of amides is 1. The SMILES string of the molecule is CCC(CC)C(NC(=O)C1CC1C(=O)O)c1ccccc1. The predicted molar refractivity (Wildman–Crippen MR) is 80.6 cm³/mol. The molecule has 0 aromatic heterocycles. The Hall–Kier alpha value is -1.84. The van der Waals surface area contributed by atoms with Gasteiger partial charge in [0.05, 0.1) is 17.9 Å². The van der Waals surface area contributed by atoms with Crippen LogP contribution in [0, 0.1) is 17.8 Å². The third-order valence-electron chi connectivity index (χ3n) is 4.42. The second kappa shape index (κ2) is 6.74. The van der Waals surface area contributed by atoms with Crippen molar-refractivity contribution in [1.29, 1.82) is 0 Å². The van der Waals surface area contributed by atoms with Crippen molar-refractivity contribution in [2.75, 3.05) is 0 Å². The first kappa shape index (κ1) is 15.5. The first-order chi connectivity index (χ1) is 10.1. The second-order valence-corrected chi connectivity index (χ2v) is 5.76. The summed E-state index contributed by atoms with van der Waals surface area (Å²) in [5.41, 5.74) is 1.09. The molecule has 3 unspecified atom stereocenters. The molecule has 114 valence electrons. The Morgan fingerprint density at radius 1 is 1.19 bits per heavy atom. The molecule has 1 fully saturated rings. The lowest BCUT2D eigenvalue weighted by atomic mass is 9.88. The van der Waals surface area contributed by atoms with Crippen LogP contribution >= 0.6 is 0 Å². The topological polar surface area (TPSA) is 66.4 Å². The van der Waals surface area contributed by atoms with Crippen molar-refractivity contribution in [3.63, 3.8) is 0 Å². The van der Waals surface area contributed by atoms with Crippen LogP contribution in [0.25, 0.3) is 0 Å². The third-order valence-corrected chi connectivity index (χ3v) is 4.42. The van der Waals surface area contributed by atoms with Gasteiger partial charge in [0, 0.05) is 0 Å². The van der Waals surface area contributed by atoms with E-state index < -0.39 is 11.9 Å². The van der Waals surface area contributed by atoms with E-state index in [-0.39, 0.29) is 17.9 Å². The summed E-state index contributed by atoms with van der Waals surface area (Å²) in [6.07, 6.45) is 2.42. The van der Waals surface area contributed by atoms with Crippen LogP contribution in [0.5, 0.6) is 0 Å². The molecule has 3 atom stereocenters. The van der Waals surface area contributed by atoms with Gasteiger partial charge in [-0.2, -0.15) is 0 Å². The van der Waals surface area contributed by atoms with Crippen molar-refractivity contribution in [2.24, 2.45) is 17.8 Å². The zero-order valence-corrected chi connectivity index (χ0v) is 12.6. The van der Waals surface area contributed by atoms with E-state index >= 15 is 0 Å². The summed E-state index contributed by atoms with van der Waals surface area (Å²) >= 11 is 0. The van der Waals surface area contributed by atoms with Crippen molar-refractivity contribution in [2.45, 2.75) is 39.2 Å². The smallest absolute Gasteiger partial charge is 0.307 e. The highest BCUT2D eigenvalue weighted by Crippen LogP contribution is 2.40. The molecule has 1 aromatic rings. The van der Waals surface area contributed by atoms with Gasteiger partial charge in [-0.25, -0.2) is 0 Å². The molecule has 21 heavy (non-hydrogen) atoms. The Morgan fingerprint density at radius 2 is 1.81 bits per heavy atom. The average molecular weight is 289 g/mol. The minimum atomic E-state index is -0.867. The van der Waals surface area contributed by atoms with Crippen LogP contribution in [-0.4, -0.2) is 17.0 Å². The van der Waals surface area contributed by atoms with E-state index in [1.807, 2.05) is 30.3 Å². The minimum Gasteiger partial charge on any atom is -0.481 e. The molecule has 1 saturated carbocycles. The highest BCUT2D eigenvalue weighted by molar-refractivity contribution is 5.89. The Morgan fingerprint density at radius 3 is 2.29 bits per heavy atom. The summed E-state index contributed by atoms with van der Waals surface area (Å²) in [6.45, 7) is 4.24. The standard InChI is InChI=1S/C17H23NO3/c1-3-11(4-2)15(12-8-6-5-7-9-12)18-16(19)13-10-14(13)17(20)21/h5-9,11,13-15H,3-4,10H2,1-2H3,(H,18,19)(H,20,21). The zero-order valence-electron chi connectivity index (χ0n) is 12.6. The van der Waals surface area contributed by atoms with Gasteiger partial charge in [0.2, 0.25) is 5.91 Å². The second-order valence-electron chi connectivity index (χ2n) is 5.76. The number of carboxylic acids is 1. The van der Waals surface area contributed by atoms with Crippen LogP contribution in [-0.2, 0) is 9.59 Å². The van der Waals surface area contributed by atoms with Crippen LogP contribution < -0.4 is 5.32 Å². The summed E-state index contributed by atoms with van der Waals surface area (Å²) in [5, 5.41) is 12.0. The predicted octanol–water partition coefficient (Wildman–Crippen LogP) is 3.00. The molecule has 1 aliphatic carbocycles. The fourth-order valence-corrected chi connectivity index (χ4v) is 2.91. The van der Waals surface area contributed by atoms with Gasteiger partial charge >= 0.3 is 5.97 Å². The van der Waals surface area contributed by atoms with Crippen molar-refractivity contribution in [1.82, 2.24) is 5.32 Å². The number of rotatable bonds is 7. The van der Waals surface area contributed by atoms with E-state index in [9.17, 15) is 9.59 Å². The number of hydrogen-bond donors (Lipinski definition) is 2. The molecule has 2 N–H and O–H groups in total. The summed E-state index contributed by atoms with van der Waals surface area (Å²) in [6, 6.07) is 9.89. The maximum absolute atomic E-state index is 12.3. The van der Waals surface area contributed by atoms with Crippen LogP contribution in [0.4, 0.5) is 0 Å². The van der Waals surface area contributed by atoms with Crippen LogP contribution in [0.3, 0.4) is 0 Å². The summed E-state index contributed by atoms with van der Waals surface area (Å²) in [5.74, 6) is -1.48. The molecule has 0 saturated heterocycles. The molecule has 1 amide bonds. The monoisotopic (exact) mass is 289 g/mol. The van der Waals surface area contributed by atoms with Crippen LogP contribution in [0.15, 0.2) is 30.3 Å². The molecule has 4 nitrogen and oxygen atoms in total. The van der Waals surface area contributed by atoms with E-state index in [2.05, 4.69) is 19.2 Å². The van der Waals surface area contributed by atoms with Crippen LogP contribution in [0.1, 0.15) is 44.7 Å². The van der Waals surface area contributed by atoms with E-state index in [0.717, 1.165) is 18.4 Å². The molecular weight excluding hydrogens is 266 g/mol.